The molecule has 0 aliphatic carbocycles. The van der Waals surface area contributed by atoms with Gasteiger partial charge in [0.05, 0.1) is 18.2 Å². The van der Waals surface area contributed by atoms with Gasteiger partial charge in [-0.15, -0.1) is 0 Å². The average Bonchev–Trinajstić information content (AvgIpc) is 2.96. The number of amides is 1. The van der Waals surface area contributed by atoms with Crippen LogP contribution in [0, 0.1) is 28.6 Å². The standard InChI is InChI=1S/C12H16N4O/c13-4-3-9-6-11(15-8-9)12(17)16-5-1-2-10(16)7-14/h9-11,15H,1-3,5-6,8H2/t9-,10-,11-/m0/s1. The Kier molecular flexibility index (Phi) is 3.61. The molecule has 2 saturated heterocycles. The number of likely N-dealkylation sites (tertiary alicyclic amines) is 1. The van der Waals surface area contributed by atoms with Crippen LogP contribution in [-0.2, 0) is 4.79 Å². The van der Waals surface area contributed by atoms with Crippen molar-refractivity contribution in [3.63, 3.8) is 0 Å². The maximum atomic E-state index is 12.2. The smallest absolute Gasteiger partial charge is 0.240 e. The predicted octanol–water partition coefficient (Wildman–Crippen LogP) is 0.393. The molecule has 0 saturated carbocycles. The average molecular weight is 232 g/mol. The number of rotatable bonds is 2. The minimum atomic E-state index is -0.251. The lowest BCUT2D eigenvalue weighted by Gasteiger charge is -2.23. The monoisotopic (exact) mass is 232 g/mol. The SMILES string of the molecule is N#CC[C@@H]1CN[C@H](C(=O)N2CCC[C@H]2C#N)C1. The summed E-state index contributed by atoms with van der Waals surface area (Å²) in [6.45, 7) is 1.42. The summed E-state index contributed by atoms with van der Waals surface area (Å²) in [6, 6.07) is 3.88. The molecule has 17 heavy (non-hydrogen) atoms. The topological polar surface area (TPSA) is 79.9 Å². The fourth-order valence-corrected chi connectivity index (χ4v) is 2.65. The van der Waals surface area contributed by atoms with E-state index in [-0.39, 0.29) is 23.9 Å². The first-order valence-electron chi connectivity index (χ1n) is 6.06. The predicted molar refractivity (Wildman–Crippen MR) is 60.5 cm³/mol. The molecule has 0 aromatic heterocycles. The summed E-state index contributed by atoms with van der Waals surface area (Å²) in [5.41, 5.74) is 0. The molecular formula is C12H16N4O. The van der Waals surface area contributed by atoms with Gasteiger partial charge in [0, 0.05) is 13.0 Å². The zero-order valence-electron chi connectivity index (χ0n) is 9.72. The Hall–Kier alpha value is -1.59. The van der Waals surface area contributed by atoms with E-state index in [1.807, 2.05) is 0 Å². The van der Waals surface area contributed by atoms with Gasteiger partial charge in [0.2, 0.25) is 5.91 Å². The third-order valence-electron chi connectivity index (χ3n) is 3.58. The maximum Gasteiger partial charge on any atom is 0.240 e. The Bertz CT molecular complexity index is 381. The molecule has 2 fully saturated rings. The van der Waals surface area contributed by atoms with Crippen molar-refractivity contribution in [3.8, 4) is 12.1 Å². The lowest BCUT2D eigenvalue weighted by Crippen LogP contribution is -2.45. The molecule has 2 aliphatic heterocycles. The maximum absolute atomic E-state index is 12.2. The zero-order valence-corrected chi connectivity index (χ0v) is 9.72. The molecule has 5 heteroatoms. The van der Waals surface area contributed by atoms with Crippen molar-refractivity contribution in [1.82, 2.24) is 10.2 Å². The van der Waals surface area contributed by atoms with Gasteiger partial charge < -0.3 is 10.2 Å². The molecule has 1 N–H and O–H groups in total. The molecule has 2 aliphatic rings. The fourth-order valence-electron chi connectivity index (χ4n) is 2.65. The number of hydrogen-bond donors (Lipinski definition) is 1. The number of nitrogens with one attached hydrogen (secondary N) is 1. The number of hydrogen-bond acceptors (Lipinski definition) is 4. The van der Waals surface area contributed by atoms with Crippen LogP contribution in [0.2, 0.25) is 0 Å². The molecule has 3 atom stereocenters. The highest BCUT2D eigenvalue weighted by molar-refractivity contribution is 5.83. The minimum Gasteiger partial charge on any atom is -0.325 e. The van der Waals surface area contributed by atoms with Crippen LogP contribution in [0.1, 0.15) is 25.7 Å². The molecule has 2 rings (SSSR count). The highest BCUT2D eigenvalue weighted by atomic mass is 16.2. The van der Waals surface area contributed by atoms with E-state index in [0.717, 1.165) is 25.8 Å². The Morgan fingerprint density at radius 3 is 3.00 bits per heavy atom. The van der Waals surface area contributed by atoms with Crippen LogP contribution in [0.15, 0.2) is 0 Å². The van der Waals surface area contributed by atoms with Crippen molar-refractivity contribution in [2.24, 2.45) is 5.92 Å². The van der Waals surface area contributed by atoms with Gasteiger partial charge >= 0.3 is 0 Å². The third kappa shape index (κ3) is 2.40. The van der Waals surface area contributed by atoms with Crippen molar-refractivity contribution in [1.29, 1.82) is 10.5 Å². The van der Waals surface area contributed by atoms with Crippen molar-refractivity contribution in [2.75, 3.05) is 13.1 Å². The van der Waals surface area contributed by atoms with Gasteiger partial charge in [0.1, 0.15) is 6.04 Å². The fraction of sp³-hybridized carbons (Fsp3) is 0.750. The summed E-state index contributed by atoms with van der Waals surface area (Å²) in [5, 5.41) is 20.7. The zero-order chi connectivity index (χ0) is 12.3. The van der Waals surface area contributed by atoms with Crippen LogP contribution < -0.4 is 5.32 Å². The molecule has 5 nitrogen and oxygen atoms in total. The van der Waals surface area contributed by atoms with Crippen LogP contribution in [0.25, 0.3) is 0 Å². The van der Waals surface area contributed by atoms with E-state index in [1.165, 1.54) is 0 Å². The largest absolute Gasteiger partial charge is 0.325 e. The second-order valence-corrected chi connectivity index (χ2v) is 4.74. The van der Waals surface area contributed by atoms with Gasteiger partial charge in [-0.2, -0.15) is 10.5 Å². The Morgan fingerprint density at radius 2 is 2.29 bits per heavy atom. The molecule has 0 radical (unpaired) electrons. The second-order valence-electron chi connectivity index (χ2n) is 4.74. The van der Waals surface area contributed by atoms with E-state index in [4.69, 9.17) is 10.5 Å². The van der Waals surface area contributed by atoms with E-state index in [9.17, 15) is 4.79 Å². The second kappa shape index (κ2) is 5.16. The molecule has 0 unspecified atom stereocenters. The Labute approximate surface area is 101 Å². The third-order valence-corrected chi connectivity index (χ3v) is 3.58. The van der Waals surface area contributed by atoms with Gasteiger partial charge in [0.25, 0.3) is 0 Å². The van der Waals surface area contributed by atoms with Gasteiger partial charge in [-0.25, -0.2) is 0 Å². The van der Waals surface area contributed by atoms with Crippen molar-refractivity contribution in [2.45, 2.75) is 37.8 Å². The van der Waals surface area contributed by atoms with Gasteiger partial charge in [0.15, 0.2) is 0 Å². The van der Waals surface area contributed by atoms with E-state index in [0.29, 0.717) is 13.0 Å². The summed E-state index contributed by atoms with van der Waals surface area (Å²) in [4.78, 5) is 13.9. The number of carbonyl (C=O) groups excluding carboxylic acids is 1. The molecule has 90 valence electrons. The highest BCUT2D eigenvalue weighted by Gasteiger charge is 2.36. The lowest BCUT2D eigenvalue weighted by molar-refractivity contribution is -0.133. The normalized spacial score (nSPS) is 32.1. The van der Waals surface area contributed by atoms with Crippen molar-refractivity contribution < 1.29 is 4.79 Å². The summed E-state index contributed by atoms with van der Waals surface area (Å²) in [7, 11) is 0. The van der Waals surface area contributed by atoms with Crippen LogP contribution >= 0.6 is 0 Å². The van der Waals surface area contributed by atoms with Crippen molar-refractivity contribution >= 4 is 5.91 Å². The van der Waals surface area contributed by atoms with Gasteiger partial charge in [-0.05, 0) is 31.7 Å². The van der Waals surface area contributed by atoms with Crippen LogP contribution in [0.4, 0.5) is 0 Å². The first-order valence-corrected chi connectivity index (χ1v) is 6.06. The number of nitriles is 2. The number of carbonyl (C=O) groups is 1. The Balaban J connectivity index is 1.93. The molecule has 0 bridgehead atoms. The molecule has 2 heterocycles. The molecule has 1 amide bonds. The highest BCUT2D eigenvalue weighted by Crippen LogP contribution is 2.23. The Morgan fingerprint density at radius 1 is 1.47 bits per heavy atom. The summed E-state index contributed by atoms with van der Waals surface area (Å²) >= 11 is 0. The van der Waals surface area contributed by atoms with Gasteiger partial charge in [-0.1, -0.05) is 0 Å². The molecule has 0 aromatic rings. The van der Waals surface area contributed by atoms with E-state index < -0.39 is 0 Å². The van der Waals surface area contributed by atoms with E-state index in [1.54, 1.807) is 4.90 Å². The van der Waals surface area contributed by atoms with E-state index in [2.05, 4.69) is 17.5 Å². The first kappa shape index (κ1) is 11.9. The first-order chi connectivity index (χ1) is 8.26. The lowest BCUT2D eigenvalue weighted by atomic mass is 10.0. The molecule has 0 spiro atoms. The van der Waals surface area contributed by atoms with Crippen LogP contribution in [0.5, 0.6) is 0 Å². The van der Waals surface area contributed by atoms with E-state index >= 15 is 0 Å². The molecular weight excluding hydrogens is 216 g/mol. The number of nitrogens with zero attached hydrogens (tertiary/aromatic N) is 3. The van der Waals surface area contributed by atoms with Crippen LogP contribution in [-0.4, -0.2) is 36.0 Å². The summed E-state index contributed by atoms with van der Waals surface area (Å²) < 4.78 is 0. The minimum absolute atomic E-state index is 0.0366. The molecule has 0 aromatic carbocycles. The van der Waals surface area contributed by atoms with Gasteiger partial charge in [-0.3, -0.25) is 4.79 Å². The van der Waals surface area contributed by atoms with Crippen molar-refractivity contribution in [3.05, 3.63) is 0 Å². The summed E-state index contributed by atoms with van der Waals surface area (Å²) in [6.07, 6.45) is 2.92. The van der Waals surface area contributed by atoms with Crippen LogP contribution in [0.3, 0.4) is 0 Å². The quantitative estimate of drug-likeness (QED) is 0.747. The summed E-state index contributed by atoms with van der Waals surface area (Å²) in [5.74, 6) is 0.312.